The molecule has 0 bridgehead atoms. The van der Waals surface area contributed by atoms with E-state index in [-0.39, 0.29) is 11.1 Å². The fourth-order valence-electron chi connectivity index (χ4n) is 3.13. The first-order chi connectivity index (χ1) is 13.0. The average Bonchev–Trinajstić information content (AvgIpc) is 2.67. The van der Waals surface area contributed by atoms with Crippen LogP contribution in [0.5, 0.6) is 0 Å². The van der Waals surface area contributed by atoms with Crippen molar-refractivity contribution in [1.82, 2.24) is 4.98 Å². The normalized spacial score (nSPS) is 12.8. The maximum atomic E-state index is 13.2. The molecule has 28 heavy (non-hydrogen) atoms. The lowest BCUT2D eigenvalue weighted by Crippen LogP contribution is -2.27. The number of alkyl halides is 6. The molecule has 0 amide bonds. The first kappa shape index (κ1) is 19.9. The van der Waals surface area contributed by atoms with Gasteiger partial charge in [0.15, 0.2) is 0 Å². The van der Waals surface area contributed by atoms with Gasteiger partial charge in [-0.25, -0.2) is 0 Å². The van der Waals surface area contributed by atoms with E-state index in [2.05, 4.69) is 4.98 Å². The van der Waals surface area contributed by atoms with Gasteiger partial charge >= 0.3 is 12.4 Å². The average molecular weight is 395 g/mol. The van der Waals surface area contributed by atoms with E-state index in [1.165, 1.54) is 30.5 Å². The first-order valence-corrected chi connectivity index (χ1v) is 8.30. The predicted molar refractivity (Wildman–Crippen MR) is 92.7 cm³/mol. The highest BCUT2D eigenvalue weighted by molar-refractivity contribution is 5.49. The van der Waals surface area contributed by atoms with Gasteiger partial charge < -0.3 is 0 Å². The van der Waals surface area contributed by atoms with Crippen LogP contribution in [0.4, 0.5) is 26.3 Å². The Bertz CT molecular complexity index is 903. The highest BCUT2D eigenvalue weighted by Crippen LogP contribution is 2.41. The summed E-state index contributed by atoms with van der Waals surface area (Å²) in [5.74, 6) is 0. The lowest BCUT2D eigenvalue weighted by molar-refractivity contribution is -0.138. The molecule has 7 heteroatoms. The van der Waals surface area contributed by atoms with Gasteiger partial charge in [-0.15, -0.1) is 0 Å². The van der Waals surface area contributed by atoms with Crippen LogP contribution in [0.1, 0.15) is 34.9 Å². The summed E-state index contributed by atoms with van der Waals surface area (Å²) in [5.41, 5.74) is -2.34. The largest absolute Gasteiger partial charge is 0.416 e. The molecule has 3 aromatic rings. The molecule has 0 saturated carbocycles. The number of hydrogen-bond acceptors (Lipinski definition) is 1. The zero-order valence-corrected chi connectivity index (χ0v) is 14.6. The van der Waals surface area contributed by atoms with E-state index in [4.69, 9.17) is 0 Å². The Morgan fingerprint density at radius 3 is 1.46 bits per heavy atom. The van der Waals surface area contributed by atoms with E-state index >= 15 is 0 Å². The van der Waals surface area contributed by atoms with Gasteiger partial charge in [0.25, 0.3) is 0 Å². The molecule has 1 nitrogen and oxygen atoms in total. The van der Waals surface area contributed by atoms with Gasteiger partial charge in [-0.3, -0.25) is 4.98 Å². The van der Waals surface area contributed by atoms with Crippen LogP contribution in [0.15, 0.2) is 72.9 Å². The van der Waals surface area contributed by atoms with Crippen molar-refractivity contribution in [3.05, 3.63) is 101 Å². The highest BCUT2D eigenvalue weighted by atomic mass is 19.4. The maximum Gasteiger partial charge on any atom is 0.416 e. The van der Waals surface area contributed by atoms with Gasteiger partial charge in [0.1, 0.15) is 0 Å². The van der Waals surface area contributed by atoms with Crippen LogP contribution >= 0.6 is 0 Å². The summed E-state index contributed by atoms with van der Waals surface area (Å²) in [6.45, 7) is 1.57. The Hall–Kier alpha value is -2.83. The SMILES string of the molecule is CC(c1cccc(C(F)(F)F)c1)(c1cccc(C(F)(F)F)c1)c1ccccn1. The lowest BCUT2D eigenvalue weighted by atomic mass is 9.72. The van der Waals surface area contributed by atoms with Crippen molar-refractivity contribution in [3.63, 3.8) is 0 Å². The Morgan fingerprint density at radius 1 is 0.607 bits per heavy atom. The van der Waals surface area contributed by atoms with Crippen LogP contribution in [0.25, 0.3) is 0 Å². The molecule has 0 aliphatic carbocycles. The summed E-state index contributed by atoms with van der Waals surface area (Å²) in [4.78, 5) is 4.22. The van der Waals surface area contributed by atoms with Gasteiger partial charge in [0, 0.05) is 6.20 Å². The summed E-state index contributed by atoms with van der Waals surface area (Å²) in [7, 11) is 0. The van der Waals surface area contributed by atoms with E-state index in [1.54, 1.807) is 25.1 Å². The minimum atomic E-state index is -4.57. The second kappa shape index (κ2) is 6.96. The quantitative estimate of drug-likeness (QED) is 0.463. The zero-order chi connectivity index (χ0) is 20.6. The minimum absolute atomic E-state index is 0.195. The molecule has 146 valence electrons. The topological polar surface area (TPSA) is 12.9 Å². The third kappa shape index (κ3) is 3.74. The number of halogens is 6. The highest BCUT2D eigenvalue weighted by Gasteiger charge is 2.38. The van der Waals surface area contributed by atoms with Gasteiger partial charge in [-0.05, 0) is 42.3 Å². The van der Waals surface area contributed by atoms with Crippen LogP contribution in [-0.2, 0) is 17.8 Å². The van der Waals surface area contributed by atoms with Crippen molar-refractivity contribution in [2.24, 2.45) is 0 Å². The van der Waals surface area contributed by atoms with Crippen LogP contribution in [-0.4, -0.2) is 4.98 Å². The monoisotopic (exact) mass is 395 g/mol. The number of hydrogen-bond donors (Lipinski definition) is 0. The Kier molecular flexibility index (Phi) is 4.95. The van der Waals surface area contributed by atoms with Crippen LogP contribution in [0.2, 0.25) is 0 Å². The molecule has 2 aromatic carbocycles. The standard InChI is InChI=1S/C21H15F6N/c1-19(18-10-2-3-11-28-18,14-6-4-8-16(12-14)20(22,23)24)15-7-5-9-17(13-15)21(25,26)27/h2-13H,1H3. The second-order valence-electron chi connectivity index (χ2n) is 6.50. The molecule has 0 fully saturated rings. The Morgan fingerprint density at radius 2 is 1.07 bits per heavy atom. The maximum absolute atomic E-state index is 13.2. The number of benzene rings is 2. The van der Waals surface area contributed by atoms with Gasteiger partial charge in [0.05, 0.1) is 22.2 Å². The molecule has 0 atom stereocenters. The van der Waals surface area contributed by atoms with Gasteiger partial charge in [0.2, 0.25) is 0 Å². The number of pyridine rings is 1. The number of aromatic nitrogens is 1. The van der Waals surface area contributed by atoms with Crippen molar-refractivity contribution >= 4 is 0 Å². The Labute approximate surface area is 157 Å². The molecular weight excluding hydrogens is 380 g/mol. The summed E-state index contributed by atoms with van der Waals surface area (Å²) in [6.07, 6.45) is -7.70. The predicted octanol–water partition coefficient (Wildman–Crippen LogP) is 6.47. The minimum Gasteiger partial charge on any atom is -0.260 e. The molecule has 0 N–H and O–H groups in total. The van der Waals surface area contributed by atoms with E-state index < -0.39 is 28.9 Å². The third-order valence-electron chi connectivity index (χ3n) is 4.71. The molecule has 1 heterocycles. The van der Waals surface area contributed by atoms with Crippen molar-refractivity contribution in [3.8, 4) is 0 Å². The summed E-state index contributed by atoms with van der Waals surface area (Å²) >= 11 is 0. The van der Waals surface area contributed by atoms with Crippen molar-refractivity contribution < 1.29 is 26.3 Å². The van der Waals surface area contributed by atoms with Gasteiger partial charge in [-0.1, -0.05) is 42.5 Å². The fourth-order valence-corrected chi connectivity index (χ4v) is 3.13. The number of nitrogens with zero attached hydrogens (tertiary/aromatic N) is 1. The molecular formula is C21H15F6N. The molecule has 0 aliphatic heterocycles. The van der Waals surface area contributed by atoms with E-state index in [0.717, 1.165) is 24.3 Å². The molecule has 0 spiro atoms. The van der Waals surface area contributed by atoms with E-state index in [1.807, 2.05) is 0 Å². The first-order valence-electron chi connectivity index (χ1n) is 8.30. The summed E-state index contributed by atoms with van der Waals surface area (Å²) < 4.78 is 79.3. The van der Waals surface area contributed by atoms with Crippen LogP contribution in [0, 0.1) is 0 Å². The third-order valence-corrected chi connectivity index (χ3v) is 4.71. The smallest absolute Gasteiger partial charge is 0.260 e. The van der Waals surface area contributed by atoms with E-state index in [0.29, 0.717) is 5.69 Å². The molecule has 0 radical (unpaired) electrons. The number of rotatable bonds is 3. The zero-order valence-electron chi connectivity index (χ0n) is 14.6. The summed E-state index contributed by atoms with van der Waals surface area (Å²) in [5, 5.41) is 0. The molecule has 0 aliphatic rings. The second-order valence-corrected chi connectivity index (χ2v) is 6.50. The van der Waals surface area contributed by atoms with Crippen molar-refractivity contribution in [2.75, 3.05) is 0 Å². The van der Waals surface area contributed by atoms with Gasteiger partial charge in [-0.2, -0.15) is 26.3 Å². The molecule has 0 saturated heterocycles. The molecule has 1 aromatic heterocycles. The molecule has 3 rings (SSSR count). The molecule has 0 unspecified atom stereocenters. The fraction of sp³-hybridized carbons (Fsp3) is 0.190. The van der Waals surface area contributed by atoms with E-state index in [9.17, 15) is 26.3 Å². The van der Waals surface area contributed by atoms with Crippen LogP contribution in [0.3, 0.4) is 0 Å². The Balaban J connectivity index is 2.27. The summed E-state index contributed by atoms with van der Waals surface area (Å²) in [6, 6.07) is 14.0. The van der Waals surface area contributed by atoms with Crippen molar-refractivity contribution in [2.45, 2.75) is 24.7 Å². The van der Waals surface area contributed by atoms with Crippen LogP contribution < -0.4 is 0 Å². The van der Waals surface area contributed by atoms with Crippen molar-refractivity contribution in [1.29, 1.82) is 0 Å². The lowest BCUT2D eigenvalue weighted by Gasteiger charge is -2.31.